The van der Waals surface area contributed by atoms with E-state index in [9.17, 15) is 0 Å². The summed E-state index contributed by atoms with van der Waals surface area (Å²) in [5.41, 5.74) is 10.4. The molecule has 0 heterocycles. The minimum atomic E-state index is 0.462. The molecule has 2 N–H and O–H groups in total. The Hall–Kier alpha value is -1.24. The second-order valence-corrected chi connectivity index (χ2v) is 5.85. The fourth-order valence-electron chi connectivity index (χ4n) is 2.42. The van der Waals surface area contributed by atoms with Crippen molar-refractivity contribution in [3.05, 3.63) is 47.2 Å². The Labute approximate surface area is 105 Å². The molecule has 0 radical (unpaired) electrons. The zero-order chi connectivity index (χ0) is 12.3. The first-order valence-corrected chi connectivity index (χ1v) is 6.58. The van der Waals surface area contributed by atoms with Crippen molar-refractivity contribution in [2.45, 2.75) is 46.0 Å². The molecular formula is C16H23N. The highest BCUT2D eigenvalue weighted by atomic mass is 14.6. The van der Waals surface area contributed by atoms with Gasteiger partial charge in [-0.15, -0.1) is 0 Å². The molecule has 0 amide bonds. The van der Waals surface area contributed by atoms with E-state index in [-0.39, 0.29) is 0 Å². The third-order valence-electron chi connectivity index (χ3n) is 3.73. The fraction of sp³-hybridized carbons (Fsp3) is 0.500. The molecule has 0 spiro atoms. The van der Waals surface area contributed by atoms with Gasteiger partial charge in [-0.3, -0.25) is 0 Å². The second kappa shape index (κ2) is 4.95. The van der Waals surface area contributed by atoms with Crippen molar-refractivity contribution < 1.29 is 0 Å². The molecule has 2 aliphatic rings. The van der Waals surface area contributed by atoms with E-state index in [4.69, 9.17) is 5.73 Å². The average molecular weight is 229 g/mol. The van der Waals surface area contributed by atoms with Crippen LogP contribution < -0.4 is 5.73 Å². The van der Waals surface area contributed by atoms with Gasteiger partial charge in [-0.2, -0.15) is 0 Å². The van der Waals surface area contributed by atoms with E-state index >= 15 is 0 Å². The maximum absolute atomic E-state index is 6.18. The van der Waals surface area contributed by atoms with E-state index in [1.54, 1.807) is 0 Å². The van der Waals surface area contributed by atoms with Crippen molar-refractivity contribution in [1.29, 1.82) is 0 Å². The third-order valence-corrected chi connectivity index (χ3v) is 3.73. The highest BCUT2D eigenvalue weighted by molar-refractivity contribution is 5.44. The predicted octanol–water partition coefficient (Wildman–Crippen LogP) is 4.24. The van der Waals surface area contributed by atoms with Gasteiger partial charge in [0.1, 0.15) is 0 Å². The van der Waals surface area contributed by atoms with E-state index in [0.717, 1.165) is 25.0 Å². The first-order valence-electron chi connectivity index (χ1n) is 6.58. The molecule has 0 aromatic carbocycles. The molecule has 0 aromatic rings. The minimum Gasteiger partial charge on any atom is -0.401 e. The number of hydrogen-bond donors (Lipinski definition) is 1. The Morgan fingerprint density at radius 3 is 2.71 bits per heavy atom. The highest BCUT2D eigenvalue weighted by Gasteiger charge is 2.22. The Bertz CT molecular complexity index is 405. The zero-order valence-electron chi connectivity index (χ0n) is 11.0. The lowest BCUT2D eigenvalue weighted by Crippen LogP contribution is -2.16. The lowest BCUT2D eigenvalue weighted by atomic mass is 9.76. The third kappa shape index (κ3) is 3.12. The molecule has 92 valence electrons. The van der Waals surface area contributed by atoms with Crippen molar-refractivity contribution in [3.8, 4) is 0 Å². The summed E-state index contributed by atoms with van der Waals surface area (Å²) >= 11 is 0. The largest absolute Gasteiger partial charge is 0.401 e. The maximum atomic E-state index is 6.18. The summed E-state index contributed by atoms with van der Waals surface area (Å²) in [5.74, 6) is 0. The first-order chi connectivity index (χ1) is 8.08. The molecule has 0 atom stereocenters. The molecule has 0 aromatic heterocycles. The summed E-state index contributed by atoms with van der Waals surface area (Å²) in [7, 11) is 0. The minimum absolute atomic E-state index is 0.462. The maximum Gasteiger partial charge on any atom is 0.0195 e. The van der Waals surface area contributed by atoms with Crippen LogP contribution in [0.25, 0.3) is 0 Å². The number of nitrogens with two attached hydrogens (primary N) is 1. The molecule has 1 nitrogen and oxygen atoms in total. The SMILES string of the molecule is CC1(C)CC=C(C2=C(N)CC=CCC=C2)CC1. The van der Waals surface area contributed by atoms with Crippen LogP contribution in [0, 0.1) is 5.41 Å². The zero-order valence-corrected chi connectivity index (χ0v) is 11.0. The Balaban J connectivity index is 2.24. The summed E-state index contributed by atoms with van der Waals surface area (Å²) < 4.78 is 0. The van der Waals surface area contributed by atoms with Crippen LogP contribution >= 0.6 is 0 Å². The predicted molar refractivity (Wildman–Crippen MR) is 74.4 cm³/mol. The number of rotatable bonds is 1. The summed E-state index contributed by atoms with van der Waals surface area (Å²) in [4.78, 5) is 0. The van der Waals surface area contributed by atoms with Crippen molar-refractivity contribution in [1.82, 2.24) is 0 Å². The van der Waals surface area contributed by atoms with Crippen LogP contribution in [0.15, 0.2) is 47.2 Å². The smallest absolute Gasteiger partial charge is 0.0195 e. The van der Waals surface area contributed by atoms with E-state index < -0.39 is 0 Å². The Kier molecular flexibility index (Phi) is 3.56. The first kappa shape index (κ1) is 12.2. The van der Waals surface area contributed by atoms with Gasteiger partial charge in [0.15, 0.2) is 0 Å². The van der Waals surface area contributed by atoms with Crippen LogP contribution in [0.4, 0.5) is 0 Å². The van der Waals surface area contributed by atoms with E-state index in [1.807, 2.05) is 0 Å². The van der Waals surface area contributed by atoms with Gasteiger partial charge >= 0.3 is 0 Å². The van der Waals surface area contributed by atoms with Crippen molar-refractivity contribution in [2.24, 2.45) is 11.1 Å². The van der Waals surface area contributed by atoms with E-state index in [1.165, 1.54) is 24.0 Å². The van der Waals surface area contributed by atoms with E-state index in [2.05, 4.69) is 44.2 Å². The topological polar surface area (TPSA) is 26.0 Å². The highest BCUT2D eigenvalue weighted by Crippen LogP contribution is 2.37. The van der Waals surface area contributed by atoms with Gasteiger partial charge < -0.3 is 5.73 Å². The molecule has 0 saturated heterocycles. The van der Waals surface area contributed by atoms with Crippen LogP contribution in [0.5, 0.6) is 0 Å². The summed E-state index contributed by atoms with van der Waals surface area (Å²) in [6, 6.07) is 0. The molecule has 1 heteroatoms. The summed E-state index contributed by atoms with van der Waals surface area (Å²) in [5, 5.41) is 0. The number of hydrogen-bond acceptors (Lipinski definition) is 1. The van der Waals surface area contributed by atoms with E-state index in [0.29, 0.717) is 5.41 Å². The van der Waals surface area contributed by atoms with Gasteiger partial charge in [0.25, 0.3) is 0 Å². The van der Waals surface area contributed by atoms with Crippen molar-refractivity contribution >= 4 is 0 Å². The molecule has 2 rings (SSSR count). The van der Waals surface area contributed by atoms with Gasteiger partial charge in [0, 0.05) is 12.1 Å². The molecule has 0 fully saturated rings. The standard InChI is InChI=1S/C16H23N/c1-16(2)11-9-13(10-12-16)14-7-5-3-4-6-8-15(14)17/h4-7,9H,3,8,10-12,17H2,1-2H3. The van der Waals surface area contributed by atoms with Crippen LogP contribution in [0.2, 0.25) is 0 Å². The number of allylic oxidation sites excluding steroid dienone is 7. The van der Waals surface area contributed by atoms with Gasteiger partial charge in [0.2, 0.25) is 0 Å². The molecule has 0 aliphatic heterocycles. The normalized spacial score (nSPS) is 24.2. The average Bonchev–Trinajstić information content (AvgIpc) is 2.26. The monoisotopic (exact) mass is 229 g/mol. The molecular weight excluding hydrogens is 206 g/mol. The van der Waals surface area contributed by atoms with Gasteiger partial charge in [-0.05, 0) is 42.2 Å². The summed E-state index contributed by atoms with van der Waals surface area (Å²) in [6.45, 7) is 4.68. The lowest BCUT2D eigenvalue weighted by Gasteiger charge is -2.29. The van der Waals surface area contributed by atoms with Crippen LogP contribution in [0.3, 0.4) is 0 Å². The van der Waals surface area contributed by atoms with Gasteiger partial charge in [-0.1, -0.05) is 44.2 Å². The van der Waals surface area contributed by atoms with Crippen molar-refractivity contribution in [2.75, 3.05) is 0 Å². The molecule has 0 saturated carbocycles. The molecule has 0 unspecified atom stereocenters. The Morgan fingerprint density at radius 2 is 2.00 bits per heavy atom. The van der Waals surface area contributed by atoms with Gasteiger partial charge in [-0.25, -0.2) is 0 Å². The Morgan fingerprint density at radius 1 is 1.18 bits per heavy atom. The molecule has 0 bridgehead atoms. The van der Waals surface area contributed by atoms with Crippen molar-refractivity contribution in [3.63, 3.8) is 0 Å². The van der Waals surface area contributed by atoms with Crippen LogP contribution in [-0.4, -0.2) is 0 Å². The van der Waals surface area contributed by atoms with Gasteiger partial charge in [0.05, 0.1) is 0 Å². The molecule has 2 aliphatic carbocycles. The molecule has 17 heavy (non-hydrogen) atoms. The second-order valence-electron chi connectivity index (χ2n) is 5.85. The summed E-state index contributed by atoms with van der Waals surface area (Å²) in [6.07, 6.45) is 16.7. The quantitative estimate of drug-likeness (QED) is 0.669. The van der Waals surface area contributed by atoms with Crippen LogP contribution in [0.1, 0.15) is 46.0 Å². The lowest BCUT2D eigenvalue weighted by molar-refractivity contribution is 0.326. The van der Waals surface area contributed by atoms with Crippen LogP contribution in [-0.2, 0) is 0 Å². The fourth-order valence-corrected chi connectivity index (χ4v) is 2.42.